The largest absolute Gasteiger partial charge is 0.481 e. The van der Waals surface area contributed by atoms with E-state index in [-0.39, 0.29) is 6.61 Å². The first kappa shape index (κ1) is 16.1. The van der Waals surface area contributed by atoms with Gasteiger partial charge in [-0.15, -0.1) is 0 Å². The third-order valence-corrected chi connectivity index (χ3v) is 3.73. The van der Waals surface area contributed by atoms with Gasteiger partial charge in [0, 0.05) is 35.8 Å². The quantitative estimate of drug-likeness (QED) is 0.675. The van der Waals surface area contributed by atoms with Gasteiger partial charge in [0.2, 0.25) is 5.88 Å². The van der Waals surface area contributed by atoms with Crippen molar-refractivity contribution in [3.63, 3.8) is 0 Å². The van der Waals surface area contributed by atoms with Crippen LogP contribution in [0.4, 0.5) is 0 Å². The summed E-state index contributed by atoms with van der Waals surface area (Å²) < 4.78 is 10.3. The average molecular weight is 344 g/mol. The molecule has 0 bridgehead atoms. The van der Waals surface area contributed by atoms with Gasteiger partial charge in [0.1, 0.15) is 5.52 Å². The Morgan fingerprint density at radius 1 is 1.25 bits per heavy atom. The molecule has 122 valence electrons. The van der Waals surface area contributed by atoms with Crippen molar-refractivity contribution in [3.05, 3.63) is 47.4 Å². The molecule has 0 aromatic carbocycles. The number of esters is 1. The van der Waals surface area contributed by atoms with Crippen molar-refractivity contribution in [1.82, 2.24) is 15.0 Å². The molecule has 24 heavy (non-hydrogen) atoms. The summed E-state index contributed by atoms with van der Waals surface area (Å²) in [4.78, 5) is 25.1. The molecule has 7 heteroatoms. The van der Waals surface area contributed by atoms with Gasteiger partial charge in [0.05, 0.1) is 29.8 Å². The molecule has 0 fully saturated rings. The summed E-state index contributed by atoms with van der Waals surface area (Å²) >= 11 is 6.29. The van der Waals surface area contributed by atoms with E-state index in [9.17, 15) is 4.79 Å². The maximum atomic E-state index is 12.4. The third-order valence-electron chi connectivity index (χ3n) is 3.43. The predicted octanol–water partition coefficient (Wildman–Crippen LogP) is 3.53. The van der Waals surface area contributed by atoms with E-state index in [2.05, 4.69) is 15.0 Å². The number of carbonyl (C=O) groups is 1. The van der Waals surface area contributed by atoms with Crippen molar-refractivity contribution in [3.8, 4) is 17.0 Å². The minimum absolute atomic E-state index is 0.256. The fourth-order valence-electron chi connectivity index (χ4n) is 2.38. The molecule has 0 aliphatic rings. The van der Waals surface area contributed by atoms with Crippen molar-refractivity contribution in [2.24, 2.45) is 0 Å². The van der Waals surface area contributed by atoms with Crippen molar-refractivity contribution in [1.29, 1.82) is 0 Å². The van der Waals surface area contributed by atoms with Gasteiger partial charge in [0.15, 0.2) is 0 Å². The third kappa shape index (κ3) is 2.88. The molecule has 3 rings (SSSR count). The first-order valence-electron chi connectivity index (χ1n) is 7.26. The molecule has 0 radical (unpaired) electrons. The zero-order chi connectivity index (χ0) is 17.1. The van der Waals surface area contributed by atoms with Crippen molar-refractivity contribution >= 4 is 28.6 Å². The zero-order valence-corrected chi connectivity index (χ0v) is 13.9. The first-order chi connectivity index (χ1) is 11.7. The van der Waals surface area contributed by atoms with Gasteiger partial charge in [0.25, 0.3) is 0 Å². The van der Waals surface area contributed by atoms with Gasteiger partial charge in [-0.25, -0.2) is 9.78 Å². The number of carbonyl (C=O) groups excluding carboxylic acids is 1. The van der Waals surface area contributed by atoms with E-state index < -0.39 is 5.97 Å². The number of fused-ring (bicyclic) bond motifs is 1. The van der Waals surface area contributed by atoms with Crippen molar-refractivity contribution < 1.29 is 14.3 Å². The Kier molecular flexibility index (Phi) is 4.57. The normalized spacial score (nSPS) is 10.6. The molecule has 0 spiro atoms. The van der Waals surface area contributed by atoms with Crippen LogP contribution in [0.25, 0.3) is 22.2 Å². The van der Waals surface area contributed by atoms with Gasteiger partial charge in [-0.1, -0.05) is 11.6 Å². The van der Waals surface area contributed by atoms with E-state index >= 15 is 0 Å². The zero-order valence-electron chi connectivity index (χ0n) is 13.1. The molecule has 6 nitrogen and oxygen atoms in total. The molecular weight excluding hydrogens is 330 g/mol. The summed E-state index contributed by atoms with van der Waals surface area (Å²) in [6.07, 6.45) is 4.58. The van der Waals surface area contributed by atoms with Gasteiger partial charge in [-0.05, 0) is 19.1 Å². The second kappa shape index (κ2) is 6.80. The van der Waals surface area contributed by atoms with Gasteiger partial charge < -0.3 is 9.47 Å². The Balaban J connectivity index is 2.37. The van der Waals surface area contributed by atoms with Crippen LogP contribution in [0.1, 0.15) is 17.3 Å². The van der Waals surface area contributed by atoms with E-state index in [1.807, 2.05) is 0 Å². The molecule has 3 aromatic rings. The molecule has 0 N–H and O–H groups in total. The fourth-order valence-corrected chi connectivity index (χ4v) is 2.59. The lowest BCUT2D eigenvalue weighted by Crippen LogP contribution is -2.08. The van der Waals surface area contributed by atoms with Crippen LogP contribution in [0.15, 0.2) is 36.8 Å². The highest BCUT2D eigenvalue weighted by Crippen LogP contribution is 2.35. The highest BCUT2D eigenvalue weighted by molar-refractivity contribution is 6.33. The molecule has 0 saturated heterocycles. The Labute approximate surface area is 143 Å². The van der Waals surface area contributed by atoms with Crippen LogP contribution in [0.5, 0.6) is 5.88 Å². The highest BCUT2D eigenvalue weighted by Gasteiger charge is 2.21. The average Bonchev–Trinajstić information content (AvgIpc) is 2.61. The summed E-state index contributed by atoms with van der Waals surface area (Å²) in [5.41, 5.74) is 2.59. The number of aromatic nitrogens is 3. The summed E-state index contributed by atoms with van der Waals surface area (Å²) in [5.74, 6) is -0.0730. The Morgan fingerprint density at radius 3 is 2.79 bits per heavy atom. The smallest absolute Gasteiger partial charge is 0.340 e. The lowest BCUT2D eigenvalue weighted by Gasteiger charge is -2.13. The molecule has 0 amide bonds. The van der Waals surface area contributed by atoms with Gasteiger partial charge in [-0.2, -0.15) is 0 Å². The number of hydrogen-bond acceptors (Lipinski definition) is 6. The maximum Gasteiger partial charge on any atom is 0.340 e. The standard InChI is InChI=1S/C17H14ClN3O3/c1-3-24-17(22)11-8-20-13-4-5-14(23-2)21-16(13)15(11)10-6-7-19-9-12(10)18/h4-9H,3H2,1-2H3. The summed E-state index contributed by atoms with van der Waals surface area (Å²) in [6, 6.07) is 5.20. The van der Waals surface area contributed by atoms with Crippen molar-refractivity contribution in [2.45, 2.75) is 6.92 Å². The topological polar surface area (TPSA) is 74.2 Å². The maximum absolute atomic E-state index is 12.4. The van der Waals surface area contributed by atoms with Crippen LogP contribution < -0.4 is 4.74 Å². The molecule has 0 aliphatic carbocycles. The fraction of sp³-hybridized carbons (Fsp3) is 0.176. The van der Waals surface area contributed by atoms with Gasteiger partial charge in [-0.3, -0.25) is 9.97 Å². The van der Waals surface area contributed by atoms with Crippen LogP contribution in [-0.4, -0.2) is 34.6 Å². The van der Waals surface area contributed by atoms with Crippen LogP contribution in [-0.2, 0) is 4.74 Å². The lowest BCUT2D eigenvalue weighted by atomic mass is 10.00. The van der Waals surface area contributed by atoms with Gasteiger partial charge >= 0.3 is 5.97 Å². The van der Waals surface area contributed by atoms with E-state index in [1.54, 1.807) is 31.3 Å². The van der Waals surface area contributed by atoms with Crippen LogP contribution in [0, 0.1) is 0 Å². The monoisotopic (exact) mass is 343 g/mol. The number of halogens is 1. The van der Waals surface area contributed by atoms with Crippen molar-refractivity contribution in [2.75, 3.05) is 13.7 Å². The lowest BCUT2D eigenvalue weighted by molar-refractivity contribution is 0.0527. The molecule has 3 heterocycles. The number of nitrogens with zero attached hydrogens (tertiary/aromatic N) is 3. The molecule has 0 saturated carbocycles. The Bertz CT molecular complexity index is 915. The van der Waals surface area contributed by atoms with E-state index in [0.717, 1.165) is 0 Å². The highest BCUT2D eigenvalue weighted by atomic mass is 35.5. The number of hydrogen-bond donors (Lipinski definition) is 0. The summed E-state index contributed by atoms with van der Waals surface area (Å²) in [5, 5.41) is 0.403. The minimum atomic E-state index is -0.487. The van der Waals surface area contributed by atoms with Crippen LogP contribution in [0.2, 0.25) is 5.02 Å². The number of ether oxygens (including phenoxy) is 2. The SMILES string of the molecule is CCOC(=O)c1cnc2ccc(OC)nc2c1-c1ccncc1Cl. The molecule has 0 aliphatic heterocycles. The van der Waals surface area contributed by atoms with E-state index in [4.69, 9.17) is 21.1 Å². The van der Waals surface area contributed by atoms with E-state index in [0.29, 0.717) is 38.6 Å². The number of methoxy groups -OCH3 is 1. The van der Waals surface area contributed by atoms with Crippen LogP contribution >= 0.6 is 11.6 Å². The molecule has 0 atom stereocenters. The molecule has 3 aromatic heterocycles. The molecule has 0 unspecified atom stereocenters. The predicted molar refractivity (Wildman–Crippen MR) is 90.3 cm³/mol. The summed E-state index contributed by atoms with van der Waals surface area (Å²) in [6.45, 7) is 2.00. The molecular formula is C17H14ClN3O3. The first-order valence-corrected chi connectivity index (χ1v) is 7.64. The van der Waals surface area contributed by atoms with E-state index in [1.165, 1.54) is 19.5 Å². The Hall–Kier alpha value is -2.73. The summed E-state index contributed by atoms with van der Waals surface area (Å²) in [7, 11) is 1.52. The second-order valence-corrected chi connectivity index (χ2v) is 5.25. The number of pyridine rings is 3. The minimum Gasteiger partial charge on any atom is -0.481 e. The number of rotatable bonds is 4. The second-order valence-electron chi connectivity index (χ2n) is 4.84. The van der Waals surface area contributed by atoms with Crippen LogP contribution in [0.3, 0.4) is 0 Å². The Morgan fingerprint density at radius 2 is 2.08 bits per heavy atom.